The minimum absolute atomic E-state index is 0.112. The van der Waals surface area contributed by atoms with Crippen molar-refractivity contribution < 1.29 is 22.7 Å². The monoisotopic (exact) mass is 288 g/mol. The second kappa shape index (κ2) is 5.60. The Morgan fingerprint density at radius 3 is 2.20 bits per heavy atom. The van der Waals surface area contributed by atoms with Gasteiger partial charge in [-0.25, -0.2) is 0 Å². The SMILES string of the molecule is NC(=O)C1CCN(c2ccc(OC(F)(F)F)cc2)CC1. The van der Waals surface area contributed by atoms with Crippen molar-refractivity contribution in [2.24, 2.45) is 11.7 Å². The van der Waals surface area contributed by atoms with Crippen LogP contribution in [0, 0.1) is 5.92 Å². The van der Waals surface area contributed by atoms with E-state index in [1.54, 1.807) is 12.1 Å². The van der Waals surface area contributed by atoms with Crippen LogP contribution >= 0.6 is 0 Å². The molecule has 1 saturated heterocycles. The van der Waals surface area contributed by atoms with E-state index in [9.17, 15) is 18.0 Å². The minimum Gasteiger partial charge on any atom is -0.406 e. The molecule has 1 fully saturated rings. The normalized spacial score (nSPS) is 17.1. The fraction of sp³-hybridized carbons (Fsp3) is 0.462. The van der Waals surface area contributed by atoms with E-state index in [2.05, 4.69) is 4.74 Å². The third-order valence-electron chi connectivity index (χ3n) is 3.33. The molecule has 0 spiro atoms. The predicted molar refractivity (Wildman–Crippen MR) is 67.3 cm³/mol. The topological polar surface area (TPSA) is 55.6 Å². The summed E-state index contributed by atoms with van der Waals surface area (Å²) in [5, 5.41) is 0. The van der Waals surface area contributed by atoms with Gasteiger partial charge >= 0.3 is 6.36 Å². The summed E-state index contributed by atoms with van der Waals surface area (Å²) in [6.45, 7) is 1.32. The predicted octanol–water partition coefficient (Wildman–Crippen LogP) is 2.29. The van der Waals surface area contributed by atoms with Gasteiger partial charge in [-0.15, -0.1) is 13.2 Å². The number of hydrogen-bond donors (Lipinski definition) is 1. The second-order valence-electron chi connectivity index (χ2n) is 4.71. The number of halogens is 3. The van der Waals surface area contributed by atoms with Crippen LogP contribution in [-0.4, -0.2) is 25.4 Å². The number of ether oxygens (including phenoxy) is 1. The first-order chi connectivity index (χ1) is 9.35. The average Bonchev–Trinajstić information content (AvgIpc) is 2.38. The summed E-state index contributed by atoms with van der Waals surface area (Å²) in [5.41, 5.74) is 6.06. The zero-order valence-electron chi connectivity index (χ0n) is 10.7. The maximum Gasteiger partial charge on any atom is 0.573 e. The summed E-state index contributed by atoms with van der Waals surface area (Å²) in [6, 6.07) is 5.71. The molecule has 2 N–H and O–H groups in total. The summed E-state index contributed by atoms with van der Waals surface area (Å²) in [7, 11) is 0. The summed E-state index contributed by atoms with van der Waals surface area (Å²) in [4.78, 5) is 13.1. The number of alkyl halides is 3. The Balaban J connectivity index is 1.96. The van der Waals surface area contributed by atoms with Gasteiger partial charge in [-0.2, -0.15) is 0 Å². The molecule has 0 radical (unpaired) electrons. The van der Waals surface area contributed by atoms with Gasteiger partial charge in [0.1, 0.15) is 5.75 Å². The Morgan fingerprint density at radius 1 is 1.20 bits per heavy atom. The van der Waals surface area contributed by atoms with Crippen molar-refractivity contribution in [3.8, 4) is 5.75 Å². The Morgan fingerprint density at radius 2 is 1.75 bits per heavy atom. The average molecular weight is 288 g/mol. The molecule has 1 heterocycles. The third kappa shape index (κ3) is 3.79. The van der Waals surface area contributed by atoms with E-state index in [-0.39, 0.29) is 17.6 Å². The first-order valence-electron chi connectivity index (χ1n) is 6.25. The van der Waals surface area contributed by atoms with Gasteiger partial charge in [0, 0.05) is 24.7 Å². The molecule has 0 saturated carbocycles. The fourth-order valence-electron chi connectivity index (χ4n) is 2.28. The van der Waals surface area contributed by atoms with Crippen molar-refractivity contribution in [1.29, 1.82) is 0 Å². The Labute approximate surface area is 114 Å². The number of hydrogen-bond acceptors (Lipinski definition) is 3. The highest BCUT2D eigenvalue weighted by Gasteiger charge is 2.31. The summed E-state index contributed by atoms with van der Waals surface area (Å²) >= 11 is 0. The van der Waals surface area contributed by atoms with E-state index in [0.717, 1.165) is 5.69 Å². The summed E-state index contributed by atoms with van der Waals surface area (Å²) in [6.07, 6.45) is -3.35. The van der Waals surface area contributed by atoms with Crippen molar-refractivity contribution in [2.75, 3.05) is 18.0 Å². The lowest BCUT2D eigenvalue weighted by Crippen LogP contribution is -2.38. The van der Waals surface area contributed by atoms with Crippen molar-refractivity contribution in [3.63, 3.8) is 0 Å². The van der Waals surface area contributed by atoms with Crippen LogP contribution in [0.5, 0.6) is 5.75 Å². The van der Waals surface area contributed by atoms with Gasteiger partial charge in [0.2, 0.25) is 5.91 Å². The highest BCUT2D eigenvalue weighted by atomic mass is 19.4. The van der Waals surface area contributed by atoms with Crippen LogP contribution < -0.4 is 15.4 Å². The fourth-order valence-corrected chi connectivity index (χ4v) is 2.28. The number of rotatable bonds is 3. The van der Waals surface area contributed by atoms with Gasteiger partial charge in [0.15, 0.2) is 0 Å². The first kappa shape index (κ1) is 14.5. The van der Waals surface area contributed by atoms with Gasteiger partial charge in [0.05, 0.1) is 0 Å². The minimum atomic E-state index is -4.68. The number of benzene rings is 1. The van der Waals surface area contributed by atoms with E-state index in [0.29, 0.717) is 25.9 Å². The Kier molecular flexibility index (Phi) is 4.06. The third-order valence-corrected chi connectivity index (χ3v) is 3.33. The van der Waals surface area contributed by atoms with Gasteiger partial charge in [-0.1, -0.05) is 0 Å². The first-order valence-corrected chi connectivity index (χ1v) is 6.25. The standard InChI is InChI=1S/C13H15F3N2O2/c14-13(15,16)20-11-3-1-10(2-4-11)18-7-5-9(6-8-18)12(17)19/h1-4,9H,5-8H2,(H2,17,19). The molecule has 0 aliphatic carbocycles. The lowest BCUT2D eigenvalue weighted by Gasteiger charge is -2.32. The zero-order valence-corrected chi connectivity index (χ0v) is 10.7. The molecule has 4 nitrogen and oxygen atoms in total. The van der Waals surface area contributed by atoms with Crippen LogP contribution in [0.25, 0.3) is 0 Å². The van der Waals surface area contributed by atoms with Crippen LogP contribution in [0.4, 0.5) is 18.9 Å². The number of nitrogens with zero attached hydrogens (tertiary/aromatic N) is 1. The van der Waals surface area contributed by atoms with Crippen LogP contribution in [-0.2, 0) is 4.79 Å². The summed E-state index contributed by atoms with van der Waals surface area (Å²) < 4.78 is 39.9. The molecule has 1 aromatic carbocycles. The molecule has 0 unspecified atom stereocenters. The molecule has 1 amide bonds. The van der Waals surface area contributed by atoms with Crippen molar-refractivity contribution >= 4 is 11.6 Å². The molecular weight excluding hydrogens is 273 g/mol. The van der Waals surface area contributed by atoms with E-state index < -0.39 is 6.36 Å². The molecule has 1 aromatic rings. The molecule has 0 bridgehead atoms. The van der Waals surface area contributed by atoms with Gasteiger partial charge < -0.3 is 15.4 Å². The van der Waals surface area contributed by atoms with Crippen LogP contribution in [0.2, 0.25) is 0 Å². The maximum atomic E-state index is 12.0. The number of amides is 1. The quantitative estimate of drug-likeness (QED) is 0.928. The van der Waals surface area contributed by atoms with E-state index >= 15 is 0 Å². The smallest absolute Gasteiger partial charge is 0.406 e. The molecule has 0 atom stereocenters. The molecule has 7 heteroatoms. The number of nitrogens with two attached hydrogens (primary N) is 1. The van der Waals surface area contributed by atoms with Crippen LogP contribution in [0.3, 0.4) is 0 Å². The summed E-state index contributed by atoms with van der Waals surface area (Å²) in [5.74, 6) is -0.647. The number of primary amides is 1. The molecule has 2 rings (SSSR count). The van der Waals surface area contributed by atoms with Gasteiger partial charge in [-0.3, -0.25) is 4.79 Å². The second-order valence-corrected chi connectivity index (χ2v) is 4.71. The van der Waals surface area contributed by atoms with Crippen molar-refractivity contribution in [1.82, 2.24) is 0 Å². The Hall–Kier alpha value is -1.92. The largest absolute Gasteiger partial charge is 0.573 e. The Bertz CT molecular complexity index is 465. The number of carbonyl (C=O) groups is 1. The van der Waals surface area contributed by atoms with Gasteiger partial charge in [-0.05, 0) is 37.1 Å². The molecule has 20 heavy (non-hydrogen) atoms. The van der Waals surface area contributed by atoms with Crippen molar-refractivity contribution in [3.05, 3.63) is 24.3 Å². The lowest BCUT2D eigenvalue weighted by molar-refractivity contribution is -0.274. The molecular formula is C13H15F3N2O2. The highest BCUT2D eigenvalue weighted by Crippen LogP contribution is 2.27. The maximum absolute atomic E-state index is 12.0. The molecule has 110 valence electrons. The number of piperidine rings is 1. The van der Waals surface area contributed by atoms with E-state index in [1.165, 1.54) is 12.1 Å². The number of anilines is 1. The molecule has 1 aliphatic rings. The van der Waals surface area contributed by atoms with E-state index in [1.807, 2.05) is 4.90 Å². The molecule has 1 aliphatic heterocycles. The van der Waals surface area contributed by atoms with Crippen LogP contribution in [0.15, 0.2) is 24.3 Å². The number of carbonyl (C=O) groups excluding carboxylic acids is 1. The van der Waals surface area contributed by atoms with Crippen LogP contribution in [0.1, 0.15) is 12.8 Å². The zero-order chi connectivity index (χ0) is 14.8. The lowest BCUT2D eigenvalue weighted by atomic mass is 9.96. The van der Waals surface area contributed by atoms with Gasteiger partial charge in [0.25, 0.3) is 0 Å². The van der Waals surface area contributed by atoms with Crippen molar-refractivity contribution in [2.45, 2.75) is 19.2 Å². The highest BCUT2D eigenvalue weighted by molar-refractivity contribution is 5.77. The van der Waals surface area contributed by atoms with E-state index in [4.69, 9.17) is 5.73 Å². The molecule has 0 aromatic heterocycles.